The van der Waals surface area contributed by atoms with Gasteiger partial charge in [0.05, 0.1) is 6.61 Å². The maximum Gasteiger partial charge on any atom is 0.230 e. The Labute approximate surface area is 69.1 Å². The van der Waals surface area contributed by atoms with Gasteiger partial charge in [-0.05, 0) is 13.3 Å². The zero-order valence-electron chi connectivity index (χ0n) is 7.12. The summed E-state index contributed by atoms with van der Waals surface area (Å²) in [5.41, 5.74) is 0. The normalized spacial score (nSPS) is 12.5. The minimum absolute atomic E-state index is 0.0425. The van der Waals surface area contributed by atoms with Crippen LogP contribution in [0.4, 0.5) is 0 Å². The molecule has 0 aromatic rings. The first-order chi connectivity index (χ1) is 5.22. The molecule has 1 amide bonds. The van der Waals surface area contributed by atoms with Gasteiger partial charge >= 0.3 is 0 Å². The molecule has 11 heavy (non-hydrogen) atoms. The highest BCUT2D eigenvalue weighted by atomic mass is 16.5. The molecule has 0 rings (SSSR count). The molecule has 0 saturated heterocycles. The molecule has 0 spiro atoms. The SMILES string of the molecule is [B]N(C=O)[C@H](C)COCCC. The van der Waals surface area contributed by atoms with E-state index in [0.717, 1.165) is 17.8 Å². The Kier molecular flexibility index (Phi) is 5.94. The van der Waals surface area contributed by atoms with Crippen LogP contribution >= 0.6 is 0 Å². The fourth-order valence-electron chi connectivity index (χ4n) is 0.588. The molecule has 62 valence electrons. The van der Waals surface area contributed by atoms with Crippen molar-refractivity contribution >= 4 is 14.4 Å². The van der Waals surface area contributed by atoms with Gasteiger partial charge < -0.3 is 9.55 Å². The predicted octanol–water partition coefficient (Wildman–Crippen LogP) is 0.343. The first-order valence-corrected chi connectivity index (χ1v) is 3.78. The molecule has 0 aliphatic heterocycles. The van der Waals surface area contributed by atoms with Crippen molar-refractivity contribution < 1.29 is 9.53 Å². The van der Waals surface area contributed by atoms with Crippen LogP contribution in [0.2, 0.25) is 0 Å². The summed E-state index contributed by atoms with van der Waals surface area (Å²) in [6.07, 6.45) is 1.58. The summed E-state index contributed by atoms with van der Waals surface area (Å²) in [5, 5.41) is 0. The Morgan fingerprint density at radius 2 is 2.36 bits per heavy atom. The van der Waals surface area contributed by atoms with Crippen LogP contribution in [0.25, 0.3) is 0 Å². The molecule has 0 N–H and O–H groups in total. The van der Waals surface area contributed by atoms with Crippen LogP contribution in [0.3, 0.4) is 0 Å². The third-order valence-electron chi connectivity index (χ3n) is 1.34. The number of ether oxygens (including phenoxy) is 1. The summed E-state index contributed by atoms with van der Waals surface area (Å²) >= 11 is 0. The van der Waals surface area contributed by atoms with Crippen LogP contribution in [0, 0.1) is 0 Å². The molecule has 0 bridgehead atoms. The highest BCUT2D eigenvalue weighted by Crippen LogP contribution is 1.92. The zero-order valence-corrected chi connectivity index (χ0v) is 7.12. The molecule has 0 aliphatic rings. The van der Waals surface area contributed by atoms with Gasteiger partial charge in [-0.2, -0.15) is 0 Å². The van der Waals surface area contributed by atoms with E-state index in [0.29, 0.717) is 13.0 Å². The second-order valence-corrected chi connectivity index (χ2v) is 2.48. The van der Waals surface area contributed by atoms with E-state index < -0.39 is 0 Å². The van der Waals surface area contributed by atoms with E-state index in [1.54, 1.807) is 0 Å². The smallest absolute Gasteiger partial charge is 0.230 e. The largest absolute Gasteiger partial charge is 0.395 e. The van der Waals surface area contributed by atoms with Crippen molar-refractivity contribution in [2.24, 2.45) is 0 Å². The highest BCUT2D eigenvalue weighted by molar-refractivity contribution is 6.10. The Bertz CT molecular complexity index is 111. The van der Waals surface area contributed by atoms with Gasteiger partial charge in [-0.3, -0.25) is 4.79 Å². The van der Waals surface area contributed by atoms with Crippen LogP contribution in [0.5, 0.6) is 0 Å². The first-order valence-electron chi connectivity index (χ1n) is 3.78. The first kappa shape index (κ1) is 10.5. The summed E-state index contributed by atoms with van der Waals surface area (Å²) in [5.74, 6) is 0. The molecule has 1 atom stereocenters. The van der Waals surface area contributed by atoms with Crippen LogP contribution < -0.4 is 0 Å². The van der Waals surface area contributed by atoms with Gasteiger partial charge in [0.2, 0.25) is 7.98 Å². The van der Waals surface area contributed by atoms with E-state index in [-0.39, 0.29) is 6.04 Å². The topological polar surface area (TPSA) is 29.5 Å². The molecule has 0 fully saturated rings. The van der Waals surface area contributed by atoms with Gasteiger partial charge in [-0.25, -0.2) is 0 Å². The summed E-state index contributed by atoms with van der Waals surface area (Å²) in [4.78, 5) is 11.2. The Morgan fingerprint density at radius 1 is 1.73 bits per heavy atom. The fourth-order valence-corrected chi connectivity index (χ4v) is 0.588. The molecule has 0 aromatic heterocycles. The number of hydrogen-bond donors (Lipinski definition) is 0. The quantitative estimate of drug-likeness (QED) is 0.314. The number of rotatable bonds is 6. The van der Waals surface area contributed by atoms with Gasteiger partial charge in [-0.15, -0.1) is 0 Å². The number of hydrogen-bond acceptors (Lipinski definition) is 2. The lowest BCUT2D eigenvalue weighted by Gasteiger charge is -2.20. The minimum Gasteiger partial charge on any atom is -0.395 e. The average Bonchev–Trinajstić information content (AvgIpc) is 2.03. The Balaban J connectivity index is 3.35. The van der Waals surface area contributed by atoms with Gasteiger partial charge in [0, 0.05) is 12.6 Å². The number of carbonyl (C=O) groups is 1. The summed E-state index contributed by atoms with van der Waals surface area (Å²) in [7, 11) is 5.28. The molecule has 0 unspecified atom stereocenters. The van der Waals surface area contributed by atoms with Crippen LogP contribution in [0.1, 0.15) is 20.3 Å². The van der Waals surface area contributed by atoms with Gasteiger partial charge in [0.25, 0.3) is 0 Å². The van der Waals surface area contributed by atoms with Crippen molar-refractivity contribution in [2.75, 3.05) is 13.2 Å². The predicted molar refractivity (Wildman–Crippen MR) is 44.2 cm³/mol. The van der Waals surface area contributed by atoms with Crippen molar-refractivity contribution in [1.29, 1.82) is 0 Å². The zero-order chi connectivity index (χ0) is 8.69. The van der Waals surface area contributed by atoms with E-state index >= 15 is 0 Å². The van der Waals surface area contributed by atoms with Gasteiger partial charge in [0.1, 0.15) is 0 Å². The molecule has 0 aromatic carbocycles. The van der Waals surface area contributed by atoms with E-state index in [4.69, 9.17) is 12.7 Å². The molecular weight excluding hydrogens is 141 g/mol. The molecule has 0 heterocycles. The van der Waals surface area contributed by atoms with E-state index in [1.807, 2.05) is 13.8 Å². The van der Waals surface area contributed by atoms with Gasteiger partial charge in [0.15, 0.2) is 6.41 Å². The van der Waals surface area contributed by atoms with Crippen molar-refractivity contribution in [3.05, 3.63) is 0 Å². The van der Waals surface area contributed by atoms with Crippen LogP contribution in [-0.4, -0.2) is 38.5 Å². The van der Waals surface area contributed by atoms with E-state index in [9.17, 15) is 4.79 Å². The Morgan fingerprint density at radius 3 is 2.82 bits per heavy atom. The molecule has 2 radical (unpaired) electrons. The van der Waals surface area contributed by atoms with E-state index in [1.165, 1.54) is 0 Å². The van der Waals surface area contributed by atoms with Gasteiger partial charge in [-0.1, -0.05) is 6.92 Å². The summed E-state index contributed by atoms with van der Waals surface area (Å²) in [6, 6.07) is -0.0425. The van der Waals surface area contributed by atoms with Crippen LogP contribution in [0.15, 0.2) is 0 Å². The third-order valence-corrected chi connectivity index (χ3v) is 1.34. The molecule has 0 aliphatic carbocycles. The number of carbonyl (C=O) groups excluding carboxylic acids is 1. The monoisotopic (exact) mass is 155 g/mol. The van der Waals surface area contributed by atoms with Crippen molar-refractivity contribution in [1.82, 2.24) is 4.81 Å². The molecule has 4 heteroatoms. The van der Waals surface area contributed by atoms with Crippen LogP contribution in [-0.2, 0) is 9.53 Å². The molecule has 0 saturated carbocycles. The highest BCUT2D eigenvalue weighted by Gasteiger charge is 2.04. The lowest BCUT2D eigenvalue weighted by atomic mass is 10.2. The maximum absolute atomic E-state index is 10.1. The number of nitrogens with zero attached hydrogens (tertiary/aromatic N) is 1. The lowest BCUT2D eigenvalue weighted by molar-refractivity contribution is -0.116. The van der Waals surface area contributed by atoms with E-state index in [2.05, 4.69) is 0 Å². The summed E-state index contributed by atoms with van der Waals surface area (Å²) in [6.45, 7) is 5.09. The summed E-state index contributed by atoms with van der Waals surface area (Å²) < 4.78 is 5.19. The second-order valence-electron chi connectivity index (χ2n) is 2.48. The second kappa shape index (κ2) is 6.22. The van der Waals surface area contributed by atoms with Crippen molar-refractivity contribution in [3.63, 3.8) is 0 Å². The third kappa shape index (κ3) is 4.84. The van der Waals surface area contributed by atoms with Crippen molar-refractivity contribution in [3.8, 4) is 0 Å². The Hall–Kier alpha value is -0.505. The lowest BCUT2D eigenvalue weighted by Crippen LogP contribution is -2.33. The van der Waals surface area contributed by atoms with Crippen molar-refractivity contribution in [2.45, 2.75) is 26.3 Å². The number of amides is 1. The molecular formula is C7H14BNO2. The fraction of sp³-hybridized carbons (Fsp3) is 0.857. The molecule has 3 nitrogen and oxygen atoms in total. The maximum atomic E-state index is 10.1. The average molecular weight is 155 g/mol. The minimum atomic E-state index is -0.0425. The standard InChI is InChI=1S/C7H14BNO2/c1-3-4-11-5-7(2)9(8)6-10/h6-7H,3-5H2,1-2H3/t7-/m1/s1.